The largest absolute Gasteiger partial charge is 0.463 e. The average molecular weight is 485 g/mol. The summed E-state index contributed by atoms with van der Waals surface area (Å²) >= 11 is 0. The third-order valence-electron chi connectivity index (χ3n) is 6.95. The van der Waals surface area contributed by atoms with Gasteiger partial charge >= 0.3 is 5.97 Å². The minimum atomic E-state index is -1.09. The van der Waals surface area contributed by atoms with E-state index in [4.69, 9.17) is 10.5 Å². The molecule has 4 amide bonds. The molecule has 0 bridgehead atoms. The van der Waals surface area contributed by atoms with E-state index in [9.17, 15) is 24.0 Å². The first kappa shape index (κ1) is 24.8. The number of nitrogens with two attached hydrogens (primary N) is 1. The Morgan fingerprint density at radius 3 is 2.43 bits per heavy atom. The quantitative estimate of drug-likeness (QED) is 0.350. The summed E-state index contributed by atoms with van der Waals surface area (Å²) in [5.74, 6) is -2.54. The van der Waals surface area contributed by atoms with E-state index in [1.165, 1.54) is 18.2 Å². The Balaban J connectivity index is 1.40. The molecule has 188 valence electrons. The number of nitrogens with zero attached hydrogens (tertiary/aromatic N) is 3. The molecular weight excluding hydrogens is 452 g/mol. The van der Waals surface area contributed by atoms with Crippen molar-refractivity contribution in [2.45, 2.75) is 58.0 Å². The highest BCUT2D eigenvalue weighted by molar-refractivity contribution is 6.23. The summed E-state index contributed by atoms with van der Waals surface area (Å²) in [4.78, 5) is 68.4. The number of amides is 4. The molecule has 4 rings (SSSR count). The number of imide groups is 2. The van der Waals surface area contributed by atoms with Gasteiger partial charge in [0, 0.05) is 12.1 Å². The minimum Gasteiger partial charge on any atom is -0.463 e. The fraction of sp³-hybridized carbons (Fsp3) is 0.560. The predicted molar refractivity (Wildman–Crippen MR) is 126 cm³/mol. The number of rotatable bonds is 7. The van der Waals surface area contributed by atoms with Crippen LogP contribution in [-0.2, 0) is 19.1 Å². The molecule has 10 heteroatoms. The molecule has 0 aliphatic carbocycles. The van der Waals surface area contributed by atoms with Crippen molar-refractivity contribution in [3.05, 3.63) is 29.3 Å². The molecule has 10 nitrogen and oxygen atoms in total. The number of hydrogen-bond donors (Lipinski definition) is 1. The fourth-order valence-corrected chi connectivity index (χ4v) is 5.22. The van der Waals surface area contributed by atoms with Gasteiger partial charge in [-0.15, -0.1) is 0 Å². The summed E-state index contributed by atoms with van der Waals surface area (Å²) in [6.45, 7) is 5.36. The Hall–Kier alpha value is -3.27. The van der Waals surface area contributed by atoms with Crippen molar-refractivity contribution >= 4 is 35.3 Å². The predicted octanol–water partition coefficient (Wildman–Crippen LogP) is 1.44. The first-order valence-electron chi connectivity index (χ1n) is 12.2. The van der Waals surface area contributed by atoms with E-state index >= 15 is 0 Å². The summed E-state index contributed by atoms with van der Waals surface area (Å²) in [5, 5.41) is 0. The highest BCUT2D eigenvalue weighted by atomic mass is 16.5. The normalized spacial score (nSPS) is 22.1. The third-order valence-corrected chi connectivity index (χ3v) is 6.95. The first-order chi connectivity index (χ1) is 16.7. The molecule has 1 aromatic rings. The SMILES string of the molecule is CC(C)[C@@H](C(=O)OCCN1C(=O)CCC(N2C(=O)c3ccc(N)cc3C2=O)C1=O)N1CCCCC1. The van der Waals surface area contributed by atoms with Crippen molar-refractivity contribution in [3.8, 4) is 0 Å². The van der Waals surface area contributed by atoms with Crippen LogP contribution in [0.2, 0.25) is 0 Å². The molecule has 2 saturated heterocycles. The summed E-state index contributed by atoms with van der Waals surface area (Å²) < 4.78 is 5.50. The zero-order chi connectivity index (χ0) is 25.3. The number of benzene rings is 1. The van der Waals surface area contributed by atoms with Gasteiger partial charge in [-0.2, -0.15) is 0 Å². The minimum absolute atomic E-state index is 0.00228. The number of carbonyl (C=O) groups is 5. The lowest BCUT2D eigenvalue weighted by molar-refractivity contribution is -0.158. The molecule has 0 spiro atoms. The molecule has 0 aromatic heterocycles. The van der Waals surface area contributed by atoms with Crippen LogP contribution in [0.25, 0.3) is 0 Å². The van der Waals surface area contributed by atoms with Gasteiger partial charge in [-0.05, 0) is 56.5 Å². The van der Waals surface area contributed by atoms with Crippen LogP contribution in [0.5, 0.6) is 0 Å². The number of hydrogen-bond acceptors (Lipinski definition) is 8. The lowest BCUT2D eigenvalue weighted by Gasteiger charge is -2.36. The maximum Gasteiger partial charge on any atom is 0.323 e. The molecule has 3 heterocycles. The average Bonchev–Trinajstić information content (AvgIpc) is 3.06. The van der Waals surface area contributed by atoms with Gasteiger partial charge in [0.25, 0.3) is 17.7 Å². The standard InChI is InChI=1S/C25H32N4O6/c1-15(2)21(27-10-4-3-5-11-27)25(34)35-13-12-28-20(30)9-8-19(24(28)33)29-22(31)17-7-6-16(26)14-18(17)23(29)32/h6-7,14-15,19,21H,3-5,8-13,26H2,1-2H3/t19?,21-/m0/s1. The smallest absolute Gasteiger partial charge is 0.323 e. The first-order valence-corrected chi connectivity index (χ1v) is 12.2. The van der Waals surface area contributed by atoms with Gasteiger partial charge in [-0.3, -0.25) is 38.7 Å². The molecule has 0 radical (unpaired) electrons. The number of esters is 1. The summed E-state index contributed by atoms with van der Waals surface area (Å²) in [5.41, 5.74) is 6.43. The lowest BCUT2D eigenvalue weighted by atomic mass is 9.99. The van der Waals surface area contributed by atoms with Crippen molar-refractivity contribution in [3.63, 3.8) is 0 Å². The second-order valence-corrected chi connectivity index (χ2v) is 9.68. The van der Waals surface area contributed by atoms with Crippen LogP contribution in [0.15, 0.2) is 18.2 Å². The van der Waals surface area contributed by atoms with E-state index in [-0.39, 0.29) is 55.0 Å². The van der Waals surface area contributed by atoms with Crippen molar-refractivity contribution in [1.29, 1.82) is 0 Å². The van der Waals surface area contributed by atoms with Crippen LogP contribution in [0.4, 0.5) is 5.69 Å². The molecule has 35 heavy (non-hydrogen) atoms. The van der Waals surface area contributed by atoms with E-state index in [0.29, 0.717) is 5.69 Å². The van der Waals surface area contributed by atoms with Crippen molar-refractivity contribution in [1.82, 2.24) is 14.7 Å². The number of carbonyl (C=O) groups excluding carboxylic acids is 5. The zero-order valence-corrected chi connectivity index (χ0v) is 20.2. The fourth-order valence-electron chi connectivity index (χ4n) is 5.22. The number of anilines is 1. The Morgan fingerprint density at radius 2 is 1.74 bits per heavy atom. The maximum absolute atomic E-state index is 13.2. The van der Waals surface area contributed by atoms with Gasteiger partial charge in [0.2, 0.25) is 5.91 Å². The van der Waals surface area contributed by atoms with Crippen LogP contribution in [0, 0.1) is 5.92 Å². The zero-order valence-electron chi connectivity index (χ0n) is 20.2. The second-order valence-electron chi connectivity index (χ2n) is 9.68. The Kier molecular flexibility index (Phi) is 7.20. The van der Waals surface area contributed by atoms with Crippen molar-refractivity contribution in [2.75, 3.05) is 32.0 Å². The number of piperidine rings is 2. The van der Waals surface area contributed by atoms with Crippen LogP contribution in [-0.4, -0.2) is 82.6 Å². The van der Waals surface area contributed by atoms with E-state index < -0.39 is 29.7 Å². The number of fused-ring (bicyclic) bond motifs is 1. The summed E-state index contributed by atoms with van der Waals surface area (Å²) in [6, 6.07) is 2.94. The van der Waals surface area contributed by atoms with Crippen LogP contribution in [0.3, 0.4) is 0 Å². The van der Waals surface area contributed by atoms with Gasteiger partial charge in [0.1, 0.15) is 18.7 Å². The van der Waals surface area contributed by atoms with Crippen molar-refractivity contribution in [2.24, 2.45) is 5.92 Å². The highest BCUT2D eigenvalue weighted by Gasteiger charge is 2.47. The monoisotopic (exact) mass is 484 g/mol. The molecule has 3 aliphatic rings. The molecule has 3 aliphatic heterocycles. The van der Waals surface area contributed by atoms with Gasteiger partial charge in [0.15, 0.2) is 0 Å². The number of likely N-dealkylation sites (tertiary alicyclic amines) is 2. The molecule has 1 unspecified atom stereocenters. The van der Waals surface area contributed by atoms with E-state index in [0.717, 1.165) is 42.2 Å². The maximum atomic E-state index is 13.2. The van der Waals surface area contributed by atoms with E-state index in [1.807, 2.05) is 13.8 Å². The molecule has 0 saturated carbocycles. The second kappa shape index (κ2) is 10.2. The summed E-state index contributed by atoms with van der Waals surface area (Å²) in [7, 11) is 0. The van der Waals surface area contributed by atoms with Crippen LogP contribution >= 0.6 is 0 Å². The molecule has 2 N–H and O–H groups in total. The Bertz CT molecular complexity index is 1050. The summed E-state index contributed by atoms with van der Waals surface area (Å²) in [6.07, 6.45) is 3.29. The van der Waals surface area contributed by atoms with Gasteiger partial charge < -0.3 is 10.5 Å². The van der Waals surface area contributed by atoms with Crippen LogP contribution < -0.4 is 5.73 Å². The number of nitrogen functional groups attached to an aromatic ring is 1. The van der Waals surface area contributed by atoms with E-state index in [1.54, 1.807) is 0 Å². The van der Waals surface area contributed by atoms with Crippen molar-refractivity contribution < 1.29 is 28.7 Å². The third kappa shape index (κ3) is 4.80. The van der Waals surface area contributed by atoms with Gasteiger partial charge in [-0.25, -0.2) is 0 Å². The number of ether oxygens (including phenoxy) is 1. The molecule has 1 aromatic carbocycles. The Morgan fingerprint density at radius 1 is 1.06 bits per heavy atom. The highest BCUT2D eigenvalue weighted by Crippen LogP contribution is 2.30. The van der Waals surface area contributed by atoms with Crippen LogP contribution in [0.1, 0.15) is 66.7 Å². The molecule has 2 atom stereocenters. The van der Waals surface area contributed by atoms with Gasteiger partial charge in [0.05, 0.1) is 17.7 Å². The molecule has 2 fully saturated rings. The lowest BCUT2D eigenvalue weighted by Crippen LogP contribution is -2.56. The molecular formula is C25H32N4O6. The van der Waals surface area contributed by atoms with Gasteiger partial charge in [-0.1, -0.05) is 20.3 Å². The van der Waals surface area contributed by atoms with E-state index in [2.05, 4.69) is 4.90 Å². The topological polar surface area (TPSA) is 130 Å². The Labute approximate surface area is 204 Å².